The van der Waals surface area contributed by atoms with Crippen molar-refractivity contribution in [1.82, 2.24) is 0 Å². The average Bonchev–Trinajstić information content (AvgIpc) is 2.56. The Morgan fingerprint density at radius 2 is 2.04 bits per heavy atom. The number of oxime groups is 1. The van der Waals surface area contributed by atoms with Crippen LogP contribution in [-0.4, -0.2) is 34.7 Å². The number of carbonyl (C=O) groups is 1. The molecule has 0 unspecified atom stereocenters. The van der Waals surface area contributed by atoms with E-state index in [0.29, 0.717) is 5.71 Å². The fourth-order valence-corrected chi connectivity index (χ4v) is 3.66. The molecule has 1 spiro atoms. The van der Waals surface area contributed by atoms with Crippen LogP contribution in [0.3, 0.4) is 0 Å². The number of nitrogens with zero attached hydrogens (tertiary/aromatic N) is 2. The topological polar surface area (TPSA) is 71.2 Å². The Morgan fingerprint density at radius 1 is 1.30 bits per heavy atom. The van der Waals surface area contributed by atoms with Crippen molar-refractivity contribution >= 4 is 17.4 Å². The molecule has 1 aliphatic heterocycles. The lowest BCUT2D eigenvalue weighted by Crippen LogP contribution is -2.41. The molecule has 5 nitrogen and oxygen atoms in total. The molecule has 1 N–H and O–H groups in total. The van der Waals surface area contributed by atoms with E-state index in [4.69, 9.17) is 9.73 Å². The molecule has 0 radical (unpaired) electrons. The molecular formula is C18H22N2O3. The van der Waals surface area contributed by atoms with E-state index in [1.807, 2.05) is 18.2 Å². The zero-order valence-corrected chi connectivity index (χ0v) is 13.4. The molecule has 5 heteroatoms. The second kappa shape index (κ2) is 6.52. The smallest absolute Gasteiger partial charge is 0.362 e. The van der Waals surface area contributed by atoms with Crippen molar-refractivity contribution in [1.29, 1.82) is 0 Å². The first kappa shape index (κ1) is 15.7. The van der Waals surface area contributed by atoms with E-state index in [1.54, 1.807) is 6.92 Å². The minimum atomic E-state index is -0.628. The van der Waals surface area contributed by atoms with Crippen molar-refractivity contribution < 1.29 is 14.7 Å². The highest BCUT2D eigenvalue weighted by atomic mass is 16.5. The molecule has 3 rings (SSSR count). The standard InChI is InChI=1S/C18H22N2O3/c1-2-23-17(21)16(20-22)15-14-9-5-4-8-13(14)12-18(19-15)10-6-3-7-11-18/h4-5,8-9,22H,2-3,6-7,10-12H2,1H3. The van der Waals surface area contributed by atoms with Crippen LogP contribution in [0.4, 0.5) is 0 Å². The highest BCUT2D eigenvalue weighted by molar-refractivity contribution is 6.69. The SMILES string of the molecule is CCOC(=O)C(=NO)C1=NC2(CCCCC2)Cc2ccccc21. The minimum Gasteiger partial charge on any atom is -0.461 e. The van der Waals surface area contributed by atoms with Crippen molar-refractivity contribution in [2.24, 2.45) is 10.1 Å². The molecule has 1 fully saturated rings. The number of rotatable bonds is 3. The number of esters is 1. The number of carbonyl (C=O) groups excluding carboxylic acids is 1. The van der Waals surface area contributed by atoms with Crippen LogP contribution in [0.5, 0.6) is 0 Å². The second-order valence-corrected chi connectivity index (χ2v) is 6.25. The Bertz CT molecular complexity index is 658. The molecule has 0 aromatic heterocycles. The van der Waals surface area contributed by atoms with Gasteiger partial charge in [0.05, 0.1) is 12.1 Å². The summed E-state index contributed by atoms with van der Waals surface area (Å²) in [6.07, 6.45) is 6.41. The van der Waals surface area contributed by atoms with Gasteiger partial charge in [0.2, 0.25) is 5.71 Å². The average molecular weight is 314 g/mol. The number of aliphatic imine (C=N–C) groups is 1. The van der Waals surface area contributed by atoms with E-state index in [9.17, 15) is 10.0 Å². The van der Waals surface area contributed by atoms with Gasteiger partial charge in [0.25, 0.3) is 0 Å². The number of ether oxygens (including phenoxy) is 1. The lowest BCUT2D eigenvalue weighted by atomic mass is 9.74. The third-order valence-electron chi connectivity index (χ3n) is 4.72. The Morgan fingerprint density at radius 3 is 2.74 bits per heavy atom. The minimum absolute atomic E-state index is 0.0936. The van der Waals surface area contributed by atoms with Crippen molar-refractivity contribution in [3.05, 3.63) is 35.4 Å². The summed E-state index contributed by atoms with van der Waals surface area (Å²) in [6, 6.07) is 7.90. The molecule has 2 aliphatic rings. The van der Waals surface area contributed by atoms with Gasteiger partial charge in [-0.25, -0.2) is 4.79 Å². The molecule has 1 aromatic rings. The molecule has 0 bridgehead atoms. The van der Waals surface area contributed by atoms with E-state index < -0.39 is 5.97 Å². The van der Waals surface area contributed by atoms with Crippen molar-refractivity contribution in [3.8, 4) is 0 Å². The van der Waals surface area contributed by atoms with Crippen molar-refractivity contribution in [2.75, 3.05) is 6.61 Å². The van der Waals surface area contributed by atoms with Crippen LogP contribution >= 0.6 is 0 Å². The van der Waals surface area contributed by atoms with Gasteiger partial charge in [0.1, 0.15) is 5.71 Å². The van der Waals surface area contributed by atoms with Gasteiger partial charge in [-0.05, 0) is 31.7 Å². The largest absolute Gasteiger partial charge is 0.461 e. The van der Waals surface area contributed by atoms with Gasteiger partial charge in [-0.1, -0.05) is 48.7 Å². The first-order valence-electron chi connectivity index (χ1n) is 8.27. The summed E-state index contributed by atoms with van der Waals surface area (Å²) >= 11 is 0. The molecule has 122 valence electrons. The lowest BCUT2D eigenvalue weighted by Gasteiger charge is -2.38. The van der Waals surface area contributed by atoms with E-state index in [0.717, 1.165) is 43.2 Å². The predicted octanol–water partition coefficient (Wildman–Crippen LogP) is 3.13. The van der Waals surface area contributed by atoms with Gasteiger partial charge >= 0.3 is 5.97 Å². The second-order valence-electron chi connectivity index (χ2n) is 6.25. The first-order chi connectivity index (χ1) is 11.2. The number of fused-ring (bicyclic) bond motifs is 1. The van der Waals surface area contributed by atoms with Crippen LogP contribution in [0.1, 0.15) is 50.2 Å². The third kappa shape index (κ3) is 3.00. The van der Waals surface area contributed by atoms with Gasteiger partial charge in [-0.15, -0.1) is 0 Å². The molecule has 1 aromatic carbocycles. The Balaban J connectivity index is 2.07. The Labute approximate surface area is 136 Å². The Hall–Kier alpha value is -2.17. The highest BCUT2D eigenvalue weighted by Crippen LogP contribution is 2.39. The highest BCUT2D eigenvalue weighted by Gasteiger charge is 2.38. The molecule has 23 heavy (non-hydrogen) atoms. The summed E-state index contributed by atoms with van der Waals surface area (Å²) in [5.41, 5.74) is 2.22. The number of hydrogen-bond donors (Lipinski definition) is 1. The molecule has 1 aliphatic carbocycles. The van der Waals surface area contributed by atoms with Crippen LogP contribution < -0.4 is 0 Å². The van der Waals surface area contributed by atoms with E-state index in [2.05, 4.69) is 11.2 Å². The van der Waals surface area contributed by atoms with Gasteiger partial charge in [0, 0.05) is 5.56 Å². The van der Waals surface area contributed by atoms with Gasteiger partial charge in [-0.2, -0.15) is 0 Å². The molecule has 1 saturated carbocycles. The molecule has 0 amide bonds. The van der Waals surface area contributed by atoms with Crippen LogP contribution in [0.15, 0.2) is 34.4 Å². The fourth-order valence-electron chi connectivity index (χ4n) is 3.66. The van der Waals surface area contributed by atoms with Gasteiger partial charge in [0.15, 0.2) is 0 Å². The van der Waals surface area contributed by atoms with Crippen LogP contribution in [0.25, 0.3) is 0 Å². The lowest BCUT2D eigenvalue weighted by molar-refractivity contribution is -0.134. The monoisotopic (exact) mass is 314 g/mol. The summed E-state index contributed by atoms with van der Waals surface area (Å²) in [4.78, 5) is 17.1. The summed E-state index contributed by atoms with van der Waals surface area (Å²) in [6.45, 7) is 1.96. The normalized spacial score (nSPS) is 19.9. The summed E-state index contributed by atoms with van der Waals surface area (Å²) < 4.78 is 5.03. The van der Waals surface area contributed by atoms with Crippen molar-refractivity contribution in [2.45, 2.75) is 51.0 Å². The van der Waals surface area contributed by atoms with E-state index in [1.165, 1.54) is 6.42 Å². The Kier molecular flexibility index (Phi) is 4.46. The molecular weight excluding hydrogens is 292 g/mol. The van der Waals surface area contributed by atoms with E-state index in [-0.39, 0.29) is 17.9 Å². The summed E-state index contributed by atoms with van der Waals surface area (Å²) in [5.74, 6) is -0.628. The number of benzene rings is 1. The van der Waals surface area contributed by atoms with Crippen LogP contribution in [-0.2, 0) is 16.0 Å². The maximum atomic E-state index is 12.2. The molecule has 1 heterocycles. The fraction of sp³-hybridized carbons (Fsp3) is 0.500. The van der Waals surface area contributed by atoms with E-state index >= 15 is 0 Å². The zero-order chi connectivity index (χ0) is 16.3. The summed E-state index contributed by atoms with van der Waals surface area (Å²) in [5, 5.41) is 12.6. The maximum Gasteiger partial charge on any atom is 0.362 e. The summed E-state index contributed by atoms with van der Waals surface area (Å²) in [7, 11) is 0. The molecule has 0 atom stereocenters. The molecule has 0 saturated heterocycles. The quantitative estimate of drug-likeness (QED) is 0.403. The van der Waals surface area contributed by atoms with Gasteiger partial charge in [-0.3, -0.25) is 4.99 Å². The van der Waals surface area contributed by atoms with Crippen molar-refractivity contribution in [3.63, 3.8) is 0 Å². The van der Waals surface area contributed by atoms with Crippen LogP contribution in [0.2, 0.25) is 0 Å². The van der Waals surface area contributed by atoms with Gasteiger partial charge < -0.3 is 9.94 Å². The zero-order valence-electron chi connectivity index (χ0n) is 13.4. The number of hydrogen-bond acceptors (Lipinski definition) is 5. The predicted molar refractivity (Wildman–Crippen MR) is 88.4 cm³/mol. The van der Waals surface area contributed by atoms with Crippen LogP contribution in [0, 0.1) is 0 Å². The maximum absolute atomic E-state index is 12.2. The first-order valence-corrected chi connectivity index (χ1v) is 8.27. The third-order valence-corrected chi connectivity index (χ3v) is 4.72.